The standard InChI is InChI=1S/C12H17BrO2S/c1-4-14-10-8-7-9(13)11(15-5-2)12(10)16-6-3/h7-8H,4-6H2,1-3H3. The highest BCUT2D eigenvalue weighted by atomic mass is 79.9. The Labute approximate surface area is 110 Å². The largest absolute Gasteiger partial charge is 0.493 e. The minimum absolute atomic E-state index is 0.658. The molecule has 16 heavy (non-hydrogen) atoms. The fourth-order valence-electron chi connectivity index (χ4n) is 1.35. The number of halogens is 1. The van der Waals surface area contributed by atoms with Gasteiger partial charge in [-0.3, -0.25) is 0 Å². The van der Waals surface area contributed by atoms with Gasteiger partial charge in [0, 0.05) is 0 Å². The molecule has 4 heteroatoms. The quantitative estimate of drug-likeness (QED) is 0.728. The smallest absolute Gasteiger partial charge is 0.150 e. The van der Waals surface area contributed by atoms with Gasteiger partial charge >= 0.3 is 0 Å². The van der Waals surface area contributed by atoms with Crippen molar-refractivity contribution in [1.82, 2.24) is 0 Å². The van der Waals surface area contributed by atoms with Crippen LogP contribution >= 0.6 is 27.7 Å². The van der Waals surface area contributed by atoms with Crippen molar-refractivity contribution in [2.45, 2.75) is 25.7 Å². The maximum absolute atomic E-state index is 5.66. The Morgan fingerprint density at radius 3 is 2.38 bits per heavy atom. The molecule has 0 unspecified atom stereocenters. The molecular weight excluding hydrogens is 288 g/mol. The third-order valence-corrected chi connectivity index (χ3v) is 3.49. The zero-order chi connectivity index (χ0) is 12.0. The number of benzene rings is 1. The van der Waals surface area contributed by atoms with Gasteiger partial charge in [0.15, 0.2) is 5.75 Å². The van der Waals surface area contributed by atoms with E-state index in [0.29, 0.717) is 13.2 Å². The molecule has 0 heterocycles. The van der Waals surface area contributed by atoms with Crippen LogP contribution in [-0.4, -0.2) is 19.0 Å². The molecule has 0 fully saturated rings. The Hall–Kier alpha value is -0.350. The minimum Gasteiger partial charge on any atom is -0.493 e. The van der Waals surface area contributed by atoms with Crippen molar-refractivity contribution in [2.75, 3.05) is 19.0 Å². The molecule has 0 aliphatic heterocycles. The van der Waals surface area contributed by atoms with E-state index in [1.165, 1.54) is 0 Å². The lowest BCUT2D eigenvalue weighted by atomic mass is 10.3. The molecule has 0 aliphatic rings. The Balaban J connectivity index is 3.14. The summed E-state index contributed by atoms with van der Waals surface area (Å²) in [5.41, 5.74) is 0. The predicted octanol–water partition coefficient (Wildman–Crippen LogP) is 4.36. The summed E-state index contributed by atoms with van der Waals surface area (Å²) in [6.07, 6.45) is 0. The number of rotatable bonds is 6. The molecule has 0 atom stereocenters. The molecule has 0 aromatic heterocycles. The monoisotopic (exact) mass is 304 g/mol. The van der Waals surface area contributed by atoms with Gasteiger partial charge in [0.05, 0.1) is 22.6 Å². The molecule has 0 spiro atoms. The second-order valence-corrected chi connectivity index (χ2v) is 5.13. The molecule has 0 N–H and O–H groups in total. The van der Waals surface area contributed by atoms with Gasteiger partial charge in [0.25, 0.3) is 0 Å². The second-order valence-electron chi connectivity index (χ2n) is 3.00. The van der Waals surface area contributed by atoms with Gasteiger partial charge in [-0.05, 0) is 47.7 Å². The van der Waals surface area contributed by atoms with Crippen molar-refractivity contribution < 1.29 is 9.47 Å². The van der Waals surface area contributed by atoms with Crippen LogP contribution in [0.5, 0.6) is 11.5 Å². The maximum atomic E-state index is 5.66. The SMILES string of the molecule is CCOc1ccc(Br)c(OCC)c1SCC. The second kappa shape index (κ2) is 7.07. The molecule has 0 saturated carbocycles. The molecule has 1 aromatic rings. The van der Waals surface area contributed by atoms with E-state index in [-0.39, 0.29) is 0 Å². The van der Waals surface area contributed by atoms with E-state index in [1.807, 2.05) is 26.0 Å². The highest BCUT2D eigenvalue weighted by molar-refractivity contribution is 9.10. The van der Waals surface area contributed by atoms with Crippen molar-refractivity contribution in [3.63, 3.8) is 0 Å². The summed E-state index contributed by atoms with van der Waals surface area (Å²) < 4.78 is 12.2. The first-order valence-electron chi connectivity index (χ1n) is 5.45. The number of thioether (sulfide) groups is 1. The van der Waals surface area contributed by atoms with Crippen LogP contribution in [-0.2, 0) is 0 Å². The minimum atomic E-state index is 0.658. The van der Waals surface area contributed by atoms with Gasteiger partial charge in [0.1, 0.15) is 5.75 Å². The molecule has 1 rings (SSSR count). The van der Waals surface area contributed by atoms with Crippen molar-refractivity contribution in [2.24, 2.45) is 0 Å². The first kappa shape index (κ1) is 13.7. The zero-order valence-electron chi connectivity index (χ0n) is 9.88. The molecule has 0 radical (unpaired) electrons. The summed E-state index contributed by atoms with van der Waals surface area (Å²) in [6.45, 7) is 7.43. The fraction of sp³-hybridized carbons (Fsp3) is 0.500. The van der Waals surface area contributed by atoms with Crippen LogP contribution in [0.2, 0.25) is 0 Å². The molecule has 1 aromatic carbocycles. The van der Waals surface area contributed by atoms with Crippen LogP contribution in [0.4, 0.5) is 0 Å². The van der Waals surface area contributed by atoms with Crippen molar-refractivity contribution in [3.05, 3.63) is 16.6 Å². The summed E-state index contributed by atoms with van der Waals surface area (Å²) in [6, 6.07) is 3.95. The Morgan fingerprint density at radius 2 is 1.81 bits per heavy atom. The van der Waals surface area contributed by atoms with Crippen LogP contribution in [0.25, 0.3) is 0 Å². The summed E-state index contributed by atoms with van der Waals surface area (Å²) in [4.78, 5) is 1.08. The van der Waals surface area contributed by atoms with Gasteiger partial charge in [-0.15, -0.1) is 11.8 Å². The zero-order valence-corrected chi connectivity index (χ0v) is 12.3. The Bertz CT molecular complexity index is 342. The third-order valence-electron chi connectivity index (χ3n) is 1.91. The van der Waals surface area contributed by atoms with Gasteiger partial charge in [-0.2, -0.15) is 0 Å². The predicted molar refractivity (Wildman–Crippen MR) is 72.9 cm³/mol. The fourth-order valence-corrected chi connectivity index (χ4v) is 2.78. The van der Waals surface area contributed by atoms with Crippen molar-refractivity contribution in [1.29, 1.82) is 0 Å². The highest BCUT2D eigenvalue weighted by Gasteiger charge is 2.14. The Morgan fingerprint density at radius 1 is 1.12 bits per heavy atom. The molecule has 0 bridgehead atoms. The van der Waals surface area contributed by atoms with E-state index in [4.69, 9.17) is 9.47 Å². The molecule has 0 aliphatic carbocycles. The lowest BCUT2D eigenvalue weighted by Gasteiger charge is -2.15. The summed E-state index contributed by atoms with van der Waals surface area (Å²) in [7, 11) is 0. The summed E-state index contributed by atoms with van der Waals surface area (Å²) >= 11 is 5.25. The van der Waals surface area contributed by atoms with Crippen molar-refractivity contribution in [3.8, 4) is 11.5 Å². The lowest BCUT2D eigenvalue weighted by Crippen LogP contribution is -1.99. The first-order chi connectivity index (χ1) is 7.74. The number of ether oxygens (including phenoxy) is 2. The molecule has 90 valence electrons. The summed E-state index contributed by atoms with van der Waals surface area (Å²) in [5.74, 6) is 2.79. The molecule has 0 saturated heterocycles. The average molecular weight is 305 g/mol. The molecule has 2 nitrogen and oxygen atoms in total. The third kappa shape index (κ3) is 3.32. The van der Waals surface area contributed by atoms with E-state index < -0.39 is 0 Å². The van der Waals surface area contributed by atoms with Gasteiger partial charge in [0.2, 0.25) is 0 Å². The van der Waals surface area contributed by atoms with Gasteiger partial charge in [-0.1, -0.05) is 6.92 Å². The van der Waals surface area contributed by atoms with E-state index in [0.717, 1.165) is 26.6 Å². The normalized spacial score (nSPS) is 10.2. The average Bonchev–Trinajstić information content (AvgIpc) is 2.27. The highest BCUT2D eigenvalue weighted by Crippen LogP contribution is 2.42. The van der Waals surface area contributed by atoms with Gasteiger partial charge in [-0.25, -0.2) is 0 Å². The van der Waals surface area contributed by atoms with Crippen LogP contribution in [0.1, 0.15) is 20.8 Å². The Kier molecular flexibility index (Phi) is 6.06. The van der Waals surface area contributed by atoms with E-state index in [1.54, 1.807) is 11.8 Å². The lowest BCUT2D eigenvalue weighted by molar-refractivity contribution is 0.307. The van der Waals surface area contributed by atoms with Crippen LogP contribution in [0.15, 0.2) is 21.5 Å². The topological polar surface area (TPSA) is 18.5 Å². The van der Waals surface area contributed by atoms with E-state index in [9.17, 15) is 0 Å². The number of hydrogen-bond donors (Lipinski definition) is 0. The van der Waals surface area contributed by atoms with Crippen molar-refractivity contribution >= 4 is 27.7 Å². The van der Waals surface area contributed by atoms with E-state index >= 15 is 0 Å². The summed E-state index contributed by atoms with van der Waals surface area (Å²) in [5, 5.41) is 0. The first-order valence-corrected chi connectivity index (χ1v) is 7.23. The van der Waals surface area contributed by atoms with Gasteiger partial charge < -0.3 is 9.47 Å². The molecule has 0 amide bonds. The number of hydrogen-bond acceptors (Lipinski definition) is 3. The molecular formula is C12H17BrO2S. The van der Waals surface area contributed by atoms with E-state index in [2.05, 4.69) is 22.9 Å². The van der Waals surface area contributed by atoms with Crippen LogP contribution in [0.3, 0.4) is 0 Å². The van der Waals surface area contributed by atoms with Crippen LogP contribution in [0, 0.1) is 0 Å². The van der Waals surface area contributed by atoms with Crippen LogP contribution < -0.4 is 9.47 Å². The maximum Gasteiger partial charge on any atom is 0.150 e.